The first-order chi connectivity index (χ1) is 9.44. The predicted molar refractivity (Wildman–Crippen MR) is 71.0 cm³/mol. The zero-order valence-electron chi connectivity index (χ0n) is 10.6. The van der Waals surface area contributed by atoms with Crippen LogP contribution >= 0.6 is 11.6 Å². The summed E-state index contributed by atoms with van der Waals surface area (Å²) in [5.41, 5.74) is -1.13. The number of hydrogen-bond donors (Lipinski definition) is 3. The molecule has 7 heteroatoms. The Hall–Kier alpha value is -1.79. The summed E-state index contributed by atoms with van der Waals surface area (Å²) in [5.74, 6) is -1.77. The molecule has 2 rings (SSSR count). The highest BCUT2D eigenvalue weighted by atomic mass is 35.5. The molecule has 0 aromatic heterocycles. The summed E-state index contributed by atoms with van der Waals surface area (Å²) in [7, 11) is 0. The SMILES string of the molecule is O=C(NC1(C(=O)O)CCOCC1)c1ccc(O)c(Cl)c1. The Morgan fingerprint density at radius 3 is 2.50 bits per heavy atom. The van der Waals surface area contributed by atoms with Crippen LogP contribution in [0.5, 0.6) is 5.75 Å². The molecule has 0 spiro atoms. The lowest BCUT2D eigenvalue weighted by atomic mass is 9.89. The van der Waals surface area contributed by atoms with Gasteiger partial charge in [-0.1, -0.05) is 11.6 Å². The molecule has 3 N–H and O–H groups in total. The van der Waals surface area contributed by atoms with E-state index >= 15 is 0 Å². The summed E-state index contributed by atoms with van der Waals surface area (Å²) in [6.07, 6.45) is 0.416. The molecule has 0 saturated carbocycles. The number of ether oxygens (including phenoxy) is 1. The second-order valence-electron chi connectivity index (χ2n) is 4.62. The van der Waals surface area contributed by atoms with Gasteiger partial charge in [0.25, 0.3) is 5.91 Å². The van der Waals surface area contributed by atoms with Gasteiger partial charge in [0.05, 0.1) is 5.02 Å². The number of carboxylic acids is 1. The van der Waals surface area contributed by atoms with Crippen molar-refractivity contribution in [3.8, 4) is 5.75 Å². The molecule has 0 unspecified atom stereocenters. The van der Waals surface area contributed by atoms with E-state index in [0.29, 0.717) is 0 Å². The molecule has 1 heterocycles. The summed E-state index contributed by atoms with van der Waals surface area (Å²) in [6, 6.07) is 3.96. The fourth-order valence-corrected chi connectivity index (χ4v) is 2.23. The van der Waals surface area contributed by atoms with Gasteiger partial charge in [0.15, 0.2) is 0 Å². The van der Waals surface area contributed by atoms with Crippen LogP contribution in [0.25, 0.3) is 0 Å². The number of carbonyl (C=O) groups excluding carboxylic acids is 1. The number of rotatable bonds is 3. The summed E-state index contributed by atoms with van der Waals surface area (Å²) >= 11 is 5.73. The number of phenols is 1. The average molecular weight is 300 g/mol. The minimum absolute atomic E-state index is 0.0361. The van der Waals surface area contributed by atoms with E-state index in [0.717, 1.165) is 0 Å². The van der Waals surface area contributed by atoms with Crippen LogP contribution in [-0.4, -0.2) is 40.8 Å². The Labute approximate surface area is 120 Å². The predicted octanol–water partition coefficient (Wildman–Crippen LogP) is 1.41. The van der Waals surface area contributed by atoms with E-state index < -0.39 is 17.4 Å². The lowest BCUT2D eigenvalue weighted by molar-refractivity contribution is -0.148. The van der Waals surface area contributed by atoms with Gasteiger partial charge in [-0.25, -0.2) is 4.79 Å². The van der Waals surface area contributed by atoms with Crippen LogP contribution in [0.2, 0.25) is 5.02 Å². The molecule has 1 aromatic carbocycles. The Bertz CT molecular complexity index is 540. The normalized spacial score (nSPS) is 17.4. The topological polar surface area (TPSA) is 95.9 Å². The van der Waals surface area contributed by atoms with Gasteiger partial charge < -0.3 is 20.3 Å². The first kappa shape index (κ1) is 14.6. The highest BCUT2D eigenvalue weighted by Gasteiger charge is 2.41. The van der Waals surface area contributed by atoms with E-state index in [-0.39, 0.29) is 42.4 Å². The summed E-state index contributed by atoms with van der Waals surface area (Å²) in [5, 5.41) is 21.2. The Kier molecular flexibility index (Phi) is 4.15. The Morgan fingerprint density at radius 2 is 1.95 bits per heavy atom. The zero-order valence-corrected chi connectivity index (χ0v) is 11.3. The zero-order chi connectivity index (χ0) is 14.8. The third kappa shape index (κ3) is 2.86. The van der Waals surface area contributed by atoms with Crippen LogP contribution in [0.15, 0.2) is 18.2 Å². The van der Waals surface area contributed by atoms with Crippen molar-refractivity contribution in [1.29, 1.82) is 0 Å². The number of carboxylic acid groups (broad SMARTS) is 1. The third-order valence-corrected chi connectivity index (χ3v) is 3.62. The van der Waals surface area contributed by atoms with Crippen molar-refractivity contribution in [2.24, 2.45) is 0 Å². The molecule has 6 nitrogen and oxygen atoms in total. The molecule has 1 fully saturated rings. The number of halogens is 1. The van der Waals surface area contributed by atoms with Crippen molar-refractivity contribution in [3.63, 3.8) is 0 Å². The Balaban J connectivity index is 2.20. The van der Waals surface area contributed by atoms with Gasteiger partial charge >= 0.3 is 5.97 Å². The number of phenolic OH excluding ortho intramolecular Hbond substituents is 1. The van der Waals surface area contributed by atoms with Crippen LogP contribution in [0.1, 0.15) is 23.2 Å². The van der Waals surface area contributed by atoms with Crippen molar-refractivity contribution in [2.45, 2.75) is 18.4 Å². The summed E-state index contributed by atoms with van der Waals surface area (Å²) in [6.45, 7) is 0.561. The monoisotopic (exact) mass is 299 g/mol. The minimum atomic E-state index is -1.32. The molecule has 1 saturated heterocycles. The molecular weight excluding hydrogens is 286 g/mol. The second-order valence-corrected chi connectivity index (χ2v) is 5.03. The minimum Gasteiger partial charge on any atom is -0.506 e. The first-order valence-electron chi connectivity index (χ1n) is 6.07. The maximum atomic E-state index is 12.1. The molecule has 20 heavy (non-hydrogen) atoms. The fraction of sp³-hybridized carbons (Fsp3) is 0.385. The van der Waals surface area contributed by atoms with Gasteiger partial charge in [-0.2, -0.15) is 0 Å². The lowest BCUT2D eigenvalue weighted by Gasteiger charge is -2.33. The van der Waals surface area contributed by atoms with Gasteiger partial charge in [-0.05, 0) is 18.2 Å². The molecule has 1 aliphatic rings. The van der Waals surface area contributed by atoms with Gasteiger partial charge in [0.2, 0.25) is 0 Å². The van der Waals surface area contributed by atoms with E-state index in [1.807, 2.05) is 0 Å². The smallest absolute Gasteiger partial charge is 0.329 e. The van der Waals surface area contributed by atoms with Crippen LogP contribution < -0.4 is 5.32 Å². The highest BCUT2D eigenvalue weighted by molar-refractivity contribution is 6.32. The average Bonchev–Trinajstić information content (AvgIpc) is 2.42. The fourth-order valence-electron chi connectivity index (χ4n) is 2.05. The van der Waals surface area contributed by atoms with E-state index in [9.17, 15) is 19.8 Å². The maximum Gasteiger partial charge on any atom is 0.329 e. The molecular formula is C13H14ClNO5. The number of carbonyl (C=O) groups is 2. The number of amides is 1. The van der Waals surface area contributed by atoms with Crippen LogP contribution in [0.4, 0.5) is 0 Å². The van der Waals surface area contributed by atoms with E-state index in [2.05, 4.69) is 5.32 Å². The van der Waals surface area contributed by atoms with Crippen molar-refractivity contribution >= 4 is 23.5 Å². The van der Waals surface area contributed by atoms with E-state index in [4.69, 9.17) is 16.3 Å². The maximum absolute atomic E-state index is 12.1. The molecule has 1 amide bonds. The van der Waals surface area contributed by atoms with Gasteiger partial charge in [0.1, 0.15) is 11.3 Å². The van der Waals surface area contributed by atoms with Crippen molar-refractivity contribution in [2.75, 3.05) is 13.2 Å². The van der Waals surface area contributed by atoms with Crippen LogP contribution in [0.3, 0.4) is 0 Å². The van der Waals surface area contributed by atoms with Gasteiger partial charge in [0, 0.05) is 31.6 Å². The third-order valence-electron chi connectivity index (χ3n) is 3.32. The highest BCUT2D eigenvalue weighted by Crippen LogP contribution is 2.25. The number of hydrogen-bond acceptors (Lipinski definition) is 4. The quantitative estimate of drug-likeness (QED) is 0.784. The standard InChI is InChI=1S/C13H14ClNO5/c14-9-7-8(1-2-10(9)16)11(17)15-13(12(18)19)3-5-20-6-4-13/h1-2,7,16H,3-6H2,(H,15,17)(H,18,19). The van der Waals surface area contributed by atoms with Gasteiger partial charge in [-0.3, -0.25) is 4.79 Å². The summed E-state index contributed by atoms with van der Waals surface area (Å²) in [4.78, 5) is 23.6. The molecule has 0 aliphatic carbocycles. The van der Waals surface area contributed by atoms with Crippen LogP contribution in [0, 0.1) is 0 Å². The Morgan fingerprint density at radius 1 is 1.30 bits per heavy atom. The van der Waals surface area contributed by atoms with E-state index in [1.54, 1.807) is 0 Å². The van der Waals surface area contributed by atoms with Crippen LogP contribution in [-0.2, 0) is 9.53 Å². The second kappa shape index (κ2) is 5.68. The van der Waals surface area contributed by atoms with Crippen molar-refractivity contribution in [3.05, 3.63) is 28.8 Å². The summed E-state index contributed by atoms with van der Waals surface area (Å²) < 4.78 is 5.13. The largest absolute Gasteiger partial charge is 0.506 e. The van der Waals surface area contributed by atoms with E-state index in [1.165, 1.54) is 18.2 Å². The molecule has 0 radical (unpaired) electrons. The lowest BCUT2D eigenvalue weighted by Crippen LogP contribution is -2.57. The molecule has 108 valence electrons. The first-order valence-corrected chi connectivity index (χ1v) is 6.44. The molecule has 1 aliphatic heterocycles. The van der Waals surface area contributed by atoms with Crippen molar-refractivity contribution < 1.29 is 24.5 Å². The molecule has 0 bridgehead atoms. The number of benzene rings is 1. The number of aliphatic carboxylic acids is 1. The number of nitrogens with one attached hydrogen (secondary N) is 1. The molecule has 0 atom stereocenters. The van der Waals surface area contributed by atoms with Crippen molar-refractivity contribution in [1.82, 2.24) is 5.32 Å². The van der Waals surface area contributed by atoms with Gasteiger partial charge in [-0.15, -0.1) is 0 Å². The number of aromatic hydroxyl groups is 1. The molecule has 1 aromatic rings.